The fraction of sp³-hybridized carbons (Fsp3) is 0.389. The minimum Gasteiger partial charge on any atom is -0.481 e. The Balaban J connectivity index is 1.40. The van der Waals surface area contributed by atoms with Crippen molar-refractivity contribution in [1.29, 1.82) is 0 Å². The maximum atomic E-state index is 11.1. The summed E-state index contributed by atoms with van der Waals surface area (Å²) in [4.78, 5) is 12.7. The molecule has 0 radical (unpaired) electrons. The first-order chi connectivity index (χ1) is 12.7. The van der Waals surface area contributed by atoms with Crippen LogP contribution >= 0.6 is 0 Å². The van der Waals surface area contributed by atoms with Gasteiger partial charge in [-0.25, -0.2) is 4.68 Å². The zero-order valence-corrected chi connectivity index (χ0v) is 14.3. The monoisotopic (exact) mass is 352 g/mol. The molecule has 1 N–H and O–H groups in total. The van der Waals surface area contributed by atoms with Gasteiger partial charge in [0.2, 0.25) is 0 Å². The molecule has 0 atom stereocenters. The highest BCUT2D eigenvalue weighted by molar-refractivity contribution is 5.70. The van der Waals surface area contributed by atoms with Gasteiger partial charge in [0.25, 0.3) is 0 Å². The van der Waals surface area contributed by atoms with Crippen molar-refractivity contribution in [3.8, 4) is 5.69 Å². The van der Waals surface area contributed by atoms with Gasteiger partial charge in [0.05, 0.1) is 30.0 Å². The second-order valence-electron chi connectivity index (χ2n) is 6.69. The first-order valence-electron chi connectivity index (χ1n) is 8.78. The lowest BCUT2D eigenvalue weighted by atomic mass is 9.81. The Morgan fingerprint density at radius 1 is 1.15 bits per heavy atom. The lowest BCUT2D eigenvalue weighted by Crippen LogP contribution is -2.20. The first-order valence-corrected chi connectivity index (χ1v) is 8.78. The van der Waals surface area contributed by atoms with Crippen LogP contribution in [0.5, 0.6) is 0 Å². The minimum absolute atomic E-state index is 0.214. The third-order valence-electron chi connectivity index (χ3n) is 4.90. The summed E-state index contributed by atoms with van der Waals surface area (Å²) in [5.74, 6) is -0.609. The minimum atomic E-state index is -0.686. The number of hydrogen-bond acceptors (Lipinski definition) is 5. The van der Waals surface area contributed by atoms with Gasteiger partial charge in [0.15, 0.2) is 0 Å². The summed E-state index contributed by atoms with van der Waals surface area (Å²) in [7, 11) is 0. The fourth-order valence-corrected chi connectivity index (χ4v) is 3.43. The number of nitrogens with zero attached hydrogens (tertiary/aromatic N) is 6. The van der Waals surface area contributed by atoms with E-state index in [4.69, 9.17) is 5.11 Å². The van der Waals surface area contributed by atoms with Crippen molar-refractivity contribution in [2.45, 2.75) is 38.1 Å². The van der Waals surface area contributed by atoms with E-state index in [2.05, 4.69) is 20.5 Å². The van der Waals surface area contributed by atoms with E-state index in [0.29, 0.717) is 25.3 Å². The van der Waals surface area contributed by atoms with E-state index >= 15 is 0 Å². The summed E-state index contributed by atoms with van der Waals surface area (Å²) >= 11 is 0. The van der Waals surface area contributed by atoms with Crippen molar-refractivity contribution in [2.24, 2.45) is 5.92 Å². The number of para-hydroxylation sites is 1. The molecule has 1 fully saturated rings. The van der Waals surface area contributed by atoms with Crippen LogP contribution in [0.25, 0.3) is 5.69 Å². The summed E-state index contributed by atoms with van der Waals surface area (Å²) in [6.45, 7) is 0.504. The van der Waals surface area contributed by atoms with Gasteiger partial charge in [-0.3, -0.25) is 4.79 Å². The topological polar surface area (TPSA) is 98.7 Å². The predicted octanol–water partition coefficient (Wildman–Crippen LogP) is 2.27. The van der Waals surface area contributed by atoms with Crippen molar-refractivity contribution in [3.63, 3.8) is 0 Å². The van der Waals surface area contributed by atoms with Gasteiger partial charge in [0.1, 0.15) is 5.69 Å². The number of aliphatic carboxylic acids is 1. The molecule has 0 amide bonds. The SMILES string of the molecule is O=C(O)C1CCC(c2cn(Cc3cnn(-c4ccccc4)n3)nn2)CC1. The van der Waals surface area contributed by atoms with E-state index in [0.717, 1.165) is 29.9 Å². The molecule has 0 aliphatic heterocycles. The number of aromatic nitrogens is 6. The molecule has 8 nitrogen and oxygen atoms in total. The van der Waals surface area contributed by atoms with Crippen molar-refractivity contribution < 1.29 is 9.90 Å². The zero-order valence-electron chi connectivity index (χ0n) is 14.3. The second-order valence-corrected chi connectivity index (χ2v) is 6.69. The zero-order chi connectivity index (χ0) is 17.9. The molecule has 0 unspecified atom stereocenters. The van der Waals surface area contributed by atoms with E-state index in [1.165, 1.54) is 0 Å². The molecule has 4 rings (SSSR count). The molecular formula is C18H20N6O2. The molecule has 1 aliphatic carbocycles. The van der Waals surface area contributed by atoms with Crippen LogP contribution in [0.1, 0.15) is 43.0 Å². The lowest BCUT2D eigenvalue weighted by Gasteiger charge is -2.24. The Morgan fingerprint density at radius 3 is 2.65 bits per heavy atom. The molecule has 0 spiro atoms. The molecule has 1 saturated carbocycles. The van der Waals surface area contributed by atoms with Crippen molar-refractivity contribution >= 4 is 5.97 Å². The van der Waals surface area contributed by atoms with Crippen molar-refractivity contribution in [2.75, 3.05) is 0 Å². The third-order valence-corrected chi connectivity index (χ3v) is 4.90. The van der Waals surface area contributed by atoms with Crippen LogP contribution in [-0.4, -0.2) is 41.1 Å². The number of benzene rings is 1. The number of carboxylic acid groups (broad SMARTS) is 1. The van der Waals surface area contributed by atoms with Gasteiger partial charge in [-0.1, -0.05) is 23.4 Å². The van der Waals surface area contributed by atoms with E-state index in [1.807, 2.05) is 36.5 Å². The standard InChI is InChI=1S/C18H20N6O2/c25-18(26)14-8-6-13(7-9-14)17-12-23(22-20-17)11-15-10-19-24(21-15)16-4-2-1-3-5-16/h1-5,10,12-14H,6-9,11H2,(H,25,26). The molecule has 8 heteroatoms. The van der Waals surface area contributed by atoms with E-state index < -0.39 is 5.97 Å². The van der Waals surface area contributed by atoms with Crippen LogP contribution in [-0.2, 0) is 11.3 Å². The van der Waals surface area contributed by atoms with Crippen LogP contribution in [0.4, 0.5) is 0 Å². The van der Waals surface area contributed by atoms with Crippen LogP contribution in [0.3, 0.4) is 0 Å². The summed E-state index contributed by atoms with van der Waals surface area (Å²) < 4.78 is 1.76. The van der Waals surface area contributed by atoms with E-state index in [-0.39, 0.29) is 5.92 Å². The maximum Gasteiger partial charge on any atom is 0.306 e. The third kappa shape index (κ3) is 3.49. The summed E-state index contributed by atoms with van der Waals surface area (Å²) in [6, 6.07) is 9.74. The van der Waals surface area contributed by atoms with Gasteiger partial charge in [-0.15, -0.1) is 5.10 Å². The Hall–Kier alpha value is -3.03. The normalized spacial score (nSPS) is 20.2. The number of carboxylic acids is 1. The van der Waals surface area contributed by atoms with Crippen LogP contribution < -0.4 is 0 Å². The average molecular weight is 352 g/mol. The Labute approximate surface area is 150 Å². The van der Waals surface area contributed by atoms with Gasteiger partial charge >= 0.3 is 5.97 Å². The molecule has 1 aromatic carbocycles. The van der Waals surface area contributed by atoms with Gasteiger partial charge in [-0.05, 0) is 37.8 Å². The smallest absolute Gasteiger partial charge is 0.306 e. The van der Waals surface area contributed by atoms with Crippen molar-refractivity contribution in [3.05, 3.63) is 54.1 Å². The molecule has 1 aliphatic rings. The highest BCUT2D eigenvalue weighted by Gasteiger charge is 2.28. The number of carbonyl (C=O) groups is 1. The Morgan fingerprint density at radius 2 is 1.92 bits per heavy atom. The highest BCUT2D eigenvalue weighted by Crippen LogP contribution is 2.34. The number of hydrogen-bond donors (Lipinski definition) is 1. The molecule has 2 aromatic heterocycles. The van der Waals surface area contributed by atoms with Crippen LogP contribution in [0.2, 0.25) is 0 Å². The largest absolute Gasteiger partial charge is 0.481 e. The quantitative estimate of drug-likeness (QED) is 0.756. The predicted molar refractivity (Wildman–Crippen MR) is 92.8 cm³/mol. The van der Waals surface area contributed by atoms with Gasteiger partial charge < -0.3 is 5.11 Å². The first kappa shape index (κ1) is 16.4. The molecule has 26 heavy (non-hydrogen) atoms. The molecular weight excluding hydrogens is 332 g/mol. The Bertz CT molecular complexity index is 880. The molecule has 0 saturated heterocycles. The Kier molecular flexibility index (Phi) is 4.47. The molecule has 3 aromatic rings. The van der Waals surface area contributed by atoms with Gasteiger partial charge in [0, 0.05) is 12.1 Å². The van der Waals surface area contributed by atoms with Crippen molar-refractivity contribution in [1.82, 2.24) is 30.0 Å². The maximum absolute atomic E-state index is 11.1. The molecule has 2 heterocycles. The highest BCUT2D eigenvalue weighted by atomic mass is 16.4. The summed E-state index contributed by atoms with van der Waals surface area (Å²) in [5, 5.41) is 26.3. The van der Waals surface area contributed by atoms with E-state index in [9.17, 15) is 4.79 Å². The molecule has 134 valence electrons. The number of rotatable bonds is 5. The van der Waals surface area contributed by atoms with E-state index in [1.54, 1.807) is 15.7 Å². The average Bonchev–Trinajstić information content (AvgIpc) is 3.33. The second kappa shape index (κ2) is 7.07. The fourth-order valence-electron chi connectivity index (χ4n) is 3.43. The lowest BCUT2D eigenvalue weighted by molar-refractivity contribution is -0.142. The van der Waals surface area contributed by atoms with Crippen LogP contribution in [0, 0.1) is 5.92 Å². The molecule has 0 bridgehead atoms. The summed E-state index contributed by atoms with van der Waals surface area (Å²) in [6.07, 6.45) is 6.77. The summed E-state index contributed by atoms with van der Waals surface area (Å²) in [5.41, 5.74) is 2.65. The van der Waals surface area contributed by atoms with Crippen LogP contribution in [0.15, 0.2) is 42.7 Å². The van der Waals surface area contributed by atoms with Gasteiger partial charge in [-0.2, -0.15) is 15.0 Å².